The third-order valence-corrected chi connectivity index (χ3v) is 17.1. The van der Waals surface area contributed by atoms with Gasteiger partial charge in [0.1, 0.15) is 36.6 Å². The molecule has 1 amide bonds. The lowest BCUT2D eigenvalue weighted by Gasteiger charge is -2.40. The molecule has 0 aromatic heterocycles. The molecule has 0 radical (unpaired) electrons. The fraction of sp³-hybridized carbons (Fsp3) is 0.956. The molecule has 9 atom stereocenters. The zero-order valence-electron chi connectivity index (χ0n) is 51.9. The first-order valence-electron chi connectivity index (χ1n) is 34.6. The van der Waals surface area contributed by atoms with Gasteiger partial charge in [0, 0.05) is 0 Å². The Labute approximate surface area is 487 Å². The SMILES string of the molecule is CCCCCCCCCCCCCC/C=C\CCCCCCCCCCC(O)C(=O)NC(COC1OC(CO)C(O)C(O)C1O)C(O)C(O)CCCCCCCCCCCCCCCCCCCCCCCCCCCCCC. The van der Waals surface area contributed by atoms with E-state index in [1.165, 1.54) is 263 Å². The molecule has 1 heterocycles. The molecule has 8 N–H and O–H groups in total. The topological polar surface area (TPSA) is 189 Å². The second-order valence-electron chi connectivity index (χ2n) is 24.6. The highest BCUT2D eigenvalue weighted by molar-refractivity contribution is 5.80. The van der Waals surface area contributed by atoms with E-state index >= 15 is 0 Å². The number of aliphatic hydroxyl groups is 7. The molecule has 0 aromatic carbocycles. The fourth-order valence-electron chi connectivity index (χ4n) is 11.5. The van der Waals surface area contributed by atoms with E-state index in [2.05, 4.69) is 31.3 Å². The summed E-state index contributed by atoms with van der Waals surface area (Å²) in [7, 11) is 0. The van der Waals surface area contributed by atoms with Gasteiger partial charge in [-0.2, -0.15) is 0 Å². The van der Waals surface area contributed by atoms with Gasteiger partial charge in [0.15, 0.2) is 6.29 Å². The lowest BCUT2D eigenvalue weighted by molar-refractivity contribution is -0.303. The highest BCUT2D eigenvalue weighted by Crippen LogP contribution is 2.24. The van der Waals surface area contributed by atoms with Crippen LogP contribution in [0.4, 0.5) is 0 Å². The minimum atomic E-state index is -1.66. The highest BCUT2D eigenvalue weighted by atomic mass is 16.7. The lowest BCUT2D eigenvalue weighted by Crippen LogP contribution is -2.60. The second-order valence-corrected chi connectivity index (χ2v) is 24.6. The fourth-order valence-corrected chi connectivity index (χ4v) is 11.5. The van der Waals surface area contributed by atoms with Crippen molar-refractivity contribution in [2.24, 2.45) is 0 Å². The number of unbranched alkanes of at least 4 members (excludes halogenated alkanes) is 47. The standard InChI is InChI=1S/C68H133NO10/c1-3-5-7-9-11-13-15-17-19-21-23-25-27-29-30-31-32-34-35-37-39-41-43-45-47-49-51-53-55-60(71)63(73)59(58-78-68-66(76)65(75)64(74)62(57-70)79-68)69-67(77)61(72)56-54-52-50-48-46-44-42-40-38-36-33-28-26-24-22-20-18-16-14-12-10-8-6-4-2/h33,36,59-66,68,70-76H,3-32,34-35,37-58H2,1-2H3,(H,69,77)/b36-33-. The summed E-state index contributed by atoms with van der Waals surface area (Å²) in [5.41, 5.74) is 0. The van der Waals surface area contributed by atoms with E-state index in [4.69, 9.17) is 9.47 Å². The largest absolute Gasteiger partial charge is 0.394 e. The predicted octanol–water partition coefficient (Wildman–Crippen LogP) is 16.3. The molecule has 0 aromatic rings. The predicted molar refractivity (Wildman–Crippen MR) is 330 cm³/mol. The van der Waals surface area contributed by atoms with E-state index in [0.717, 1.165) is 44.9 Å². The highest BCUT2D eigenvalue weighted by Gasteiger charge is 2.44. The van der Waals surface area contributed by atoms with Crippen molar-refractivity contribution in [1.29, 1.82) is 0 Å². The van der Waals surface area contributed by atoms with Crippen LogP contribution < -0.4 is 5.32 Å². The quantitative estimate of drug-likeness (QED) is 0.0215. The Morgan fingerprint density at radius 3 is 1.06 bits per heavy atom. The Hall–Kier alpha value is -1.15. The molecule has 1 aliphatic heterocycles. The number of hydrogen-bond acceptors (Lipinski definition) is 10. The van der Waals surface area contributed by atoms with Crippen molar-refractivity contribution in [2.45, 2.75) is 403 Å². The Morgan fingerprint density at radius 2 is 0.734 bits per heavy atom. The summed E-state index contributed by atoms with van der Waals surface area (Å²) < 4.78 is 11.2. The van der Waals surface area contributed by atoms with Crippen LogP contribution in [-0.2, 0) is 14.3 Å². The van der Waals surface area contributed by atoms with Crippen LogP contribution in [0.3, 0.4) is 0 Å². The summed E-state index contributed by atoms with van der Waals surface area (Å²) in [4.78, 5) is 13.2. The smallest absolute Gasteiger partial charge is 0.249 e. The van der Waals surface area contributed by atoms with Crippen molar-refractivity contribution >= 4 is 5.91 Å². The number of allylic oxidation sites excluding steroid dienone is 2. The summed E-state index contributed by atoms with van der Waals surface area (Å²) in [5.74, 6) is -0.692. The van der Waals surface area contributed by atoms with Gasteiger partial charge in [0.2, 0.25) is 5.91 Å². The molecule has 11 nitrogen and oxygen atoms in total. The molecule has 1 saturated heterocycles. The Bertz CT molecular complexity index is 1290. The summed E-state index contributed by atoms with van der Waals surface area (Å²) in [6.45, 7) is 3.52. The van der Waals surface area contributed by atoms with E-state index in [1.807, 2.05) is 0 Å². The maximum Gasteiger partial charge on any atom is 0.249 e. The zero-order valence-corrected chi connectivity index (χ0v) is 51.9. The van der Waals surface area contributed by atoms with Gasteiger partial charge in [-0.25, -0.2) is 0 Å². The molecule has 1 aliphatic rings. The molecule has 0 bridgehead atoms. The summed E-state index contributed by atoms with van der Waals surface area (Å²) in [6, 6.07) is -1.17. The number of carbonyl (C=O) groups is 1. The molecule has 1 rings (SSSR count). The molecule has 0 aliphatic carbocycles. The molecule has 11 heteroatoms. The Morgan fingerprint density at radius 1 is 0.430 bits per heavy atom. The number of nitrogens with one attached hydrogen (secondary N) is 1. The third kappa shape index (κ3) is 45.0. The first kappa shape index (κ1) is 75.9. The van der Waals surface area contributed by atoms with E-state index in [9.17, 15) is 40.5 Å². The van der Waals surface area contributed by atoms with Gasteiger partial charge in [0.25, 0.3) is 0 Å². The van der Waals surface area contributed by atoms with Gasteiger partial charge in [-0.1, -0.05) is 321 Å². The molecular weight excluding hydrogens is 991 g/mol. The molecule has 9 unspecified atom stereocenters. The van der Waals surface area contributed by atoms with E-state index in [0.29, 0.717) is 19.3 Å². The number of aliphatic hydroxyl groups excluding tert-OH is 7. The van der Waals surface area contributed by atoms with Crippen LogP contribution in [-0.4, -0.2) is 110 Å². The van der Waals surface area contributed by atoms with Crippen LogP contribution in [0.15, 0.2) is 12.2 Å². The molecule has 0 spiro atoms. The minimum Gasteiger partial charge on any atom is -0.394 e. The van der Waals surface area contributed by atoms with Crippen LogP contribution in [0.5, 0.6) is 0 Å². The first-order chi connectivity index (χ1) is 38.7. The molecule has 0 saturated carbocycles. The molecular formula is C68H133NO10. The van der Waals surface area contributed by atoms with Crippen molar-refractivity contribution in [2.75, 3.05) is 13.2 Å². The minimum absolute atomic E-state index is 0.260. The van der Waals surface area contributed by atoms with Gasteiger partial charge >= 0.3 is 0 Å². The average molecular weight is 1120 g/mol. The monoisotopic (exact) mass is 1120 g/mol. The van der Waals surface area contributed by atoms with E-state index < -0.39 is 74.2 Å². The summed E-state index contributed by atoms with van der Waals surface area (Å²) >= 11 is 0. The Balaban J connectivity index is 2.21. The molecule has 470 valence electrons. The van der Waals surface area contributed by atoms with E-state index in [-0.39, 0.29) is 6.42 Å². The van der Waals surface area contributed by atoms with Crippen molar-refractivity contribution in [3.05, 3.63) is 12.2 Å². The summed E-state index contributed by atoms with van der Waals surface area (Å²) in [6.07, 6.45) is 58.6. The van der Waals surface area contributed by atoms with Gasteiger partial charge in [0.05, 0.1) is 25.4 Å². The van der Waals surface area contributed by atoms with Crippen LogP contribution in [0, 0.1) is 0 Å². The van der Waals surface area contributed by atoms with Gasteiger partial charge < -0.3 is 50.5 Å². The van der Waals surface area contributed by atoms with Crippen molar-refractivity contribution in [3.63, 3.8) is 0 Å². The number of ether oxygens (including phenoxy) is 2. The first-order valence-corrected chi connectivity index (χ1v) is 34.6. The Kier molecular flexibility index (Phi) is 55.0. The normalized spacial score (nSPS) is 19.3. The third-order valence-electron chi connectivity index (χ3n) is 17.1. The lowest BCUT2D eigenvalue weighted by atomic mass is 9.98. The second kappa shape index (κ2) is 57.3. The maximum absolute atomic E-state index is 13.2. The maximum atomic E-state index is 13.2. The summed E-state index contributed by atoms with van der Waals surface area (Å²) in [5, 5.41) is 76.5. The van der Waals surface area contributed by atoms with Crippen molar-refractivity contribution < 1.29 is 50.0 Å². The molecule has 79 heavy (non-hydrogen) atoms. The van der Waals surface area contributed by atoms with Gasteiger partial charge in [-0.15, -0.1) is 0 Å². The van der Waals surface area contributed by atoms with Crippen molar-refractivity contribution in [1.82, 2.24) is 5.32 Å². The van der Waals surface area contributed by atoms with Crippen LogP contribution >= 0.6 is 0 Å². The number of rotatable bonds is 61. The van der Waals surface area contributed by atoms with E-state index in [1.54, 1.807) is 0 Å². The number of carbonyl (C=O) groups excluding carboxylic acids is 1. The van der Waals surface area contributed by atoms with Gasteiger partial charge in [-0.05, 0) is 38.5 Å². The van der Waals surface area contributed by atoms with Crippen molar-refractivity contribution in [3.8, 4) is 0 Å². The van der Waals surface area contributed by atoms with Crippen LogP contribution in [0.1, 0.15) is 348 Å². The number of hydrogen-bond donors (Lipinski definition) is 8. The van der Waals surface area contributed by atoms with Crippen LogP contribution in [0.2, 0.25) is 0 Å². The van der Waals surface area contributed by atoms with Crippen LogP contribution in [0.25, 0.3) is 0 Å². The zero-order chi connectivity index (χ0) is 57.5. The van der Waals surface area contributed by atoms with Gasteiger partial charge in [-0.3, -0.25) is 4.79 Å². The molecule has 1 fully saturated rings. The number of amides is 1. The average Bonchev–Trinajstić information content (AvgIpc) is 3.46.